The minimum absolute atomic E-state index is 0.0305. The normalized spacial score (nSPS) is 16.0. The van der Waals surface area contributed by atoms with E-state index < -0.39 is 0 Å². The molecular weight excluding hydrogens is 384 g/mol. The molecule has 2 heterocycles. The number of carbonyl (C=O) groups is 1. The number of nitrogens with zero attached hydrogens (tertiary/aromatic N) is 2. The zero-order valence-electron chi connectivity index (χ0n) is 17.5. The number of rotatable bonds is 5. The minimum Gasteiger partial charge on any atom is -0.398 e. The standard InChI is InChI=1S/C26H26N4O/c27-24-8-6-19(18-3-1-2-4-18)13-21(24)15-26(31)22-14-20-5-7-23(16-25(20)29-17-22)30-11-9-28-10-12-30/h1-3,5-8,13-14,16-17,28H,4,9-12,15,27H2. The average Bonchev–Trinajstić information content (AvgIpc) is 3.35. The lowest BCUT2D eigenvalue weighted by molar-refractivity contribution is 0.0993. The van der Waals surface area contributed by atoms with E-state index in [0.29, 0.717) is 11.3 Å². The summed E-state index contributed by atoms with van der Waals surface area (Å²) in [6.07, 6.45) is 9.18. The van der Waals surface area contributed by atoms with Crippen molar-refractivity contribution in [3.63, 3.8) is 0 Å². The molecule has 0 unspecified atom stereocenters. The van der Waals surface area contributed by atoms with Gasteiger partial charge in [0, 0.05) is 61.1 Å². The fourth-order valence-electron chi connectivity index (χ4n) is 4.28. The van der Waals surface area contributed by atoms with Gasteiger partial charge in [-0.1, -0.05) is 30.4 Å². The first-order chi connectivity index (χ1) is 15.2. The van der Waals surface area contributed by atoms with Gasteiger partial charge in [0.25, 0.3) is 0 Å². The van der Waals surface area contributed by atoms with E-state index >= 15 is 0 Å². The van der Waals surface area contributed by atoms with Crippen LogP contribution in [0.15, 0.2) is 66.9 Å². The molecule has 156 valence electrons. The first kappa shape index (κ1) is 19.5. The van der Waals surface area contributed by atoms with Gasteiger partial charge in [0.1, 0.15) is 0 Å². The Morgan fingerprint density at radius 2 is 1.97 bits per heavy atom. The molecule has 5 heteroatoms. The van der Waals surface area contributed by atoms with E-state index in [1.54, 1.807) is 6.20 Å². The van der Waals surface area contributed by atoms with Gasteiger partial charge in [0.15, 0.2) is 5.78 Å². The van der Waals surface area contributed by atoms with Crippen LogP contribution in [0.4, 0.5) is 11.4 Å². The number of pyridine rings is 1. The molecule has 1 aliphatic heterocycles. The van der Waals surface area contributed by atoms with Crippen molar-refractivity contribution < 1.29 is 4.79 Å². The summed E-state index contributed by atoms with van der Waals surface area (Å²) in [6.45, 7) is 3.99. The fraction of sp³-hybridized carbons (Fsp3) is 0.231. The van der Waals surface area contributed by atoms with Crippen LogP contribution in [0.1, 0.15) is 27.9 Å². The van der Waals surface area contributed by atoms with Crippen molar-refractivity contribution in [2.24, 2.45) is 0 Å². The maximum atomic E-state index is 13.0. The first-order valence-corrected chi connectivity index (χ1v) is 10.8. The molecule has 1 aliphatic carbocycles. The molecule has 2 aliphatic rings. The summed E-state index contributed by atoms with van der Waals surface area (Å²) in [6, 6.07) is 14.2. The largest absolute Gasteiger partial charge is 0.398 e. The maximum absolute atomic E-state index is 13.0. The number of hydrogen-bond acceptors (Lipinski definition) is 5. The predicted molar refractivity (Wildman–Crippen MR) is 127 cm³/mol. The van der Waals surface area contributed by atoms with Crippen LogP contribution in [0.3, 0.4) is 0 Å². The van der Waals surface area contributed by atoms with Gasteiger partial charge in [-0.05, 0) is 53.5 Å². The summed E-state index contributed by atoms with van der Waals surface area (Å²) in [5.74, 6) is 0.0305. The van der Waals surface area contributed by atoms with E-state index in [2.05, 4.69) is 51.6 Å². The SMILES string of the molecule is Nc1ccc(C2=CC=CC2)cc1CC(=O)c1cnc2cc(N3CCNCC3)ccc2c1. The molecule has 0 atom stereocenters. The smallest absolute Gasteiger partial charge is 0.168 e. The van der Waals surface area contributed by atoms with Crippen LogP contribution < -0.4 is 16.0 Å². The highest BCUT2D eigenvalue weighted by Crippen LogP contribution is 2.27. The van der Waals surface area contributed by atoms with Crippen LogP contribution in [-0.4, -0.2) is 36.9 Å². The van der Waals surface area contributed by atoms with Gasteiger partial charge in [-0.2, -0.15) is 0 Å². The third-order valence-corrected chi connectivity index (χ3v) is 6.11. The molecule has 0 amide bonds. The van der Waals surface area contributed by atoms with Crippen molar-refractivity contribution in [2.75, 3.05) is 36.8 Å². The van der Waals surface area contributed by atoms with E-state index in [1.807, 2.05) is 24.3 Å². The summed E-state index contributed by atoms with van der Waals surface area (Å²) in [5, 5.41) is 4.35. The lowest BCUT2D eigenvalue weighted by Crippen LogP contribution is -2.43. The molecule has 1 aromatic heterocycles. The lowest BCUT2D eigenvalue weighted by Gasteiger charge is -2.29. The number of benzene rings is 2. The van der Waals surface area contributed by atoms with Gasteiger partial charge in [0.2, 0.25) is 0 Å². The fourth-order valence-corrected chi connectivity index (χ4v) is 4.28. The molecule has 0 spiro atoms. The maximum Gasteiger partial charge on any atom is 0.168 e. The van der Waals surface area contributed by atoms with Crippen LogP contribution in [0.2, 0.25) is 0 Å². The van der Waals surface area contributed by atoms with Crippen LogP contribution in [0.25, 0.3) is 16.5 Å². The van der Waals surface area contributed by atoms with E-state index in [1.165, 1.54) is 11.3 Å². The molecule has 5 rings (SSSR count). The van der Waals surface area contributed by atoms with E-state index in [4.69, 9.17) is 5.73 Å². The summed E-state index contributed by atoms with van der Waals surface area (Å²) >= 11 is 0. The van der Waals surface area contributed by atoms with Gasteiger partial charge >= 0.3 is 0 Å². The molecule has 1 fully saturated rings. The number of anilines is 2. The van der Waals surface area contributed by atoms with Gasteiger partial charge in [-0.15, -0.1) is 0 Å². The molecule has 2 aromatic carbocycles. The molecule has 0 bridgehead atoms. The van der Waals surface area contributed by atoms with Gasteiger partial charge in [0.05, 0.1) is 5.52 Å². The average molecular weight is 411 g/mol. The Labute approximate surface area is 182 Å². The van der Waals surface area contributed by atoms with Crippen LogP contribution in [0.5, 0.6) is 0 Å². The Morgan fingerprint density at radius 1 is 1.10 bits per heavy atom. The quantitative estimate of drug-likeness (QED) is 0.492. The Kier molecular flexibility index (Phi) is 5.26. The lowest BCUT2D eigenvalue weighted by atomic mass is 9.97. The molecule has 31 heavy (non-hydrogen) atoms. The summed E-state index contributed by atoms with van der Waals surface area (Å²) in [4.78, 5) is 20.0. The van der Waals surface area contributed by atoms with Crippen molar-refractivity contribution in [1.29, 1.82) is 0 Å². The second-order valence-corrected chi connectivity index (χ2v) is 8.18. The predicted octanol–water partition coefficient (Wildman–Crippen LogP) is 4.00. The minimum atomic E-state index is 0.0305. The Bertz CT molecular complexity index is 1210. The third kappa shape index (κ3) is 4.09. The number of piperazine rings is 1. The monoisotopic (exact) mass is 410 g/mol. The first-order valence-electron chi connectivity index (χ1n) is 10.8. The third-order valence-electron chi connectivity index (χ3n) is 6.11. The van der Waals surface area contributed by atoms with E-state index in [9.17, 15) is 4.79 Å². The number of nitrogens with two attached hydrogens (primary N) is 1. The molecule has 0 radical (unpaired) electrons. The van der Waals surface area contributed by atoms with Crippen molar-refractivity contribution >= 4 is 33.6 Å². The number of nitrogens with one attached hydrogen (secondary N) is 1. The number of allylic oxidation sites excluding steroid dienone is 4. The van der Waals surface area contributed by atoms with Gasteiger partial charge in [-0.3, -0.25) is 9.78 Å². The number of nitrogen functional groups attached to an aromatic ring is 1. The van der Waals surface area contributed by atoms with E-state index in [0.717, 1.165) is 54.6 Å². The summed E-state index contributed by atoms with van der Waals surface area (Å²) in [7, 11) is 0. The van der Waals surface area contributed by atoms with Crippen LogP contribution in [-0.2, 0) is 6.42 Å². The number of hydrogen-bond donors (Lipinski definition) is 2. The highest BCUT2D eigenvalue weighted by molar-refractivity contribution is 6.00. The molecular formula is C26H26N4O. The number of Topliss-reactive ketones (excluding diaryl/α,β-unsaturated/α-hetero) is 1. The van der Waals surface area contributed by atoms with Gasteiger partial charge in [-0.25, -0.2) is 0 Å². The van der Waals surface area contributed by atoms with Crippen molar-refractivity contribution in [3.05, 3.63) is 83.6 Å². The Hall–Kier alpha value is -3.44. The highest BCUT2D eigenvalue weighted by atomic mass is 16.1. The number of carbonyl (C=O) groups excluding carboxylic acids is 1. The van der Waals surface area contributed by atoms with Crippen molar-refractivity contribution in [3.8, 4) is 0 Å². The van der Waals surface area contributed by atoms with Crippen LogP contribution >= 0.6 is 0 Å². The summed E-state index contributed by atoms with van der Waals surface area (Å²) < 4.78 is 0. The second-order valence-electron chi connectivity index (χ2n) is 8.18. The molecule has 1 saturated heterocycles. The molecule has 3 N–H and O–H groups in total. The second kappa shape index (κ2) is 8.36. The molecule has 3 aromatic rings. The molecule has 0 saturated carbocycles. The van der Waals surface area contributed by atoms with Crippen molar-refractivity contribution in [1.82, 2.24) is 10.3 Å². The Morgan fingerprint density at radius 3 is 2.77 bits per heavy atom. The van der Waals surface area contributed by atoms with E-state index in [-0.39, 0.29) is 12.2 Å². The number of fused-ring (bicyclic) bond motifs is 1. The number of aromatic nitrogens is 1. The molecule has 5 nitrogen and oxygen atoms in total. The number of ketones is 1. The topological polar surface area (TPSA) is 71.2 Å². The van der Waals surface area contributed by atoms with Crippen LogP contribution in [0, 0.1) is 0 Å². The Balaban J connectivity index is 1.36. The zero-order valence-corrected chi connectivity index (χ0v) is 17.5. The zero-order chi connectivity index (χ0) is 21.2. The summed E-state index contributed by atoms with van der Waals surface area (Å²) in [5.41, 5.74) is 12.8. The van der Waals surface area contributed by atoms with Crippen molar-refractivity contribution in [2.45, 2.75) is 12.8 Å². The van der Waals surface area contributed by atoms with Gasteiger partial charge < -0.3 is 16.0 Å². The highest BCUT2D eigenvalue weighted by Gasteiger charge is 2.14.